The number of halogens is 1. The molecule has 1 fully saturated rings. The summed E-state index contributed by atoms with van der Waals surface area (Å²) < 4.78 is 12.3. The van der Waals surface area contributed by atoms with Crippen LogP contribution in [0.2, 0.25) is 5.02 Å². The minimum absolute atomic E-state index is 0.0412. The van der Waals surface area contributed by atoms with Crippen molar-refractivity contribution in [2.24, 2.45) is 0 Å². The van der Waals surface area contributed by atoms with Gasteiger partial charge >= 0.3 is 0 Å². The first-order valence-corrected chi connectivity index (χ1v) is 11.0. The number of carbonyl (C=O) groups is 1. The van der Waals surface area contributed by atoms with Crippen LogP contribution in [0.3, 0.4) is 0 Å². The summed E-state index contributed by atoms with van der Waals surface area (Å²) in [6.07, 6.45) is 1.67. The first-order valence-electron chi connectivity index (χ1n) is 9.84. The van der Waals surface area contributed by atoms with Gasteiger partial charge in [0.2, 0.25) is 5.91 Å². The predicted octanol–water partition coefficient (Wildman–Crippen LogP) is 4.69. The monoisotopic (exact) mass is 449 g/mol. The van der Waals surface area contributed by atoms with E-state index in [1.807, 2.05) is 25.1 Å². The van der Waals surface area contributed by atoms with Crippen molar-refractivity contribution in [2.75, 3.05) is 0 Å². The van der Waals surface area contributed by atoms with Crippen LogP contribution in [0.5, 0.6) is 5.75 Å². The van der Waals surface area contributed by atoms with Gasteiger partial charge in [0.15, 0.2) is 5.76 Å². The quantitative estimate of drug-likeness (QED) is 0.566. The summed E-state index contributed by atoms with van der Waals surface area (Å²) in [4.78, 5) is 15.7. The van der Waals surface area contributed by atoms with Crippen LogP contribution in [0.25, 0.3) is 10.2 Å². The van der Waals surface area contributed by atoms with E-state index in [1.54, 1.807) is 13.8 Å². The Hall–Kier alpha value is -2.16. The summed E-state index contributed by atoms with van der Waals surface area (Å²) in [5, 5.41) is 18.3. The van der Waals surface area contributed by atoms with Crippen molar-refractivity contribution < 1.29 is 19.2 Å². The lowest BCUT2D eigenvalue weighted by atomic mass is 9.80. The second-order valence-corrected chi connectivity index (χ2v) is 9.67. The summed E-state index contributed by atoms with van der Waals surface area (Å²) >= 11 is 7.94. The second kappa shape index (κ2) is 7.83. The maximum atomic E-state index is 11.2. The van der Waals surface area contributed by atoms with Crippen molar-refractivity contribution in [3.63, 3.8) is 0 Å². The summed E-state index contributed by atoms with van der Waals surface area (Å²) in [5.41, 5.74) is 0.619. The molecule has 1 aliphatic rings. The number of carbonyl (C=O) groups excluding carboxylic acids is 1. The van der Waals surface area contributed by atoms with E-state index in [0.29, 0.717) is 21.5 Å². The molecule has 0 spiro atoms. The number of amides is 1. The molecule has 1 aromatic carbocycles. The van der Waals surface area contributed by atoms with E-state index >= 15 is 0 Å². The average Bonchev–Trinajstić information content (AvgIpc) is 3.26. The third-order valence-corrected chi connectivity index (χ3v) is 7.07. The highest BCUT2D eigenvalue weighted by Crippen LogP contribution is 2.43. The first kappa shape index (κ1) is 21.1. The Morgan fingerprint density at radius 3 is 2.83 bits per heavy atom. The molecule has 7 nitrogen and oxygen atoms in total. The fourth-order valence-corrected chi connectivity index (χ4v) is 4.77. The lowest BCUT2D eigenvalue weighted by molar-refractivity contribution is -0.119. The molecule has 1 amide bonds. The molecular formula is C21H24ClN3O4S. The van der Waals surface area contributed by atoms with Gasteiger partial charge in [-0.2, -0.15) is 0 Å². The first-order chi connectivity index (χ1) is 14.1. The molecule has 1 aliphatic carbocycles. The second-order valence-electron chi connectivity index (χ2n) is 8.29. The van der Waals surface area contributed by atoms with Gasteiger partial charge in [-0.25, -0.2) is 4.98 Å². The number of thiazole rings is 1. The zero-order valence-electron chi connectivity index (χ0n) is 17.2. The van der Waals surface area contributed by atoms with Gasteiger partial charge in [0, 0.05) is 18.9 Å². The van der Waals surface area contributed by atoms with Crippen LogP contribution in [-0.2, 0) is 10.4 Å². The van der Waals surface area contributed by atoms with Crippen LogP contribution in [0, 0.1) is 0 Å². The molecule has 2 N–H and O–H groups in total. The maximum absolute atomic E-state index is 11.2. The lowest BCUT2D eigenvalue weighted by Crippen LogP contribution is -2.32. The summed E-state index contributed by atoms with van der Waals surface area (Å²) in [6, 6.07) is 5.38. The largest absolute Gasteiger partial charge is 0.489 e. The van der Waals surface area contributed by atoms with Gasteiger partial charge in [0.05, 0.1) is 22.0 Å². The molecule has 2 heterocycles. The van der Waals surface area contributed by atoms with Crippen molar-refractivity contribution in [1.82, 2.24) is 15.5 Å². The Morgan fingerprint density at radius 1 is 1.43 bits per heavy atom. The number of aromatic nitrogens is 2. The average molecular weight is 450 g/mol. The number of hydrogen-bond acceptors (Lipinski definition) is 7. The van der Waals surface area contributed by atoms with Gasteiger partial charge in [-0.3, -0.25) is 4.79 Å². The van der Waals surface area contributed by atoms with Gasteiger partial charge in [0.1, 0.15) is 27.5 Å². The number of nitrogens with one attached hydrogen (secondary N) is 1. The Bertz CT molecular complexity index is 1080. The molecule has 30 heavy (non-hydrogen) atoms. The highest BCUT2D eigenvalue weighted by Gasteiger charge is 2.35. The Labute approximate surface area is 183 Å². The molecule has 1 atom stereocenters. The van der Waals surface area contributed by atoms with Crippen LogP contribution in [0.1, 0.15) is 69.0 Å². The number of ether oxygens (including phenoxy) is 1. The highest BCUT2D eigenvalue weighted by molar-refractivity contribution is 7.19. The standard InChI is InChI=1S/C21H24ClN3O4S/c1-10(23-11(2)26)17-9-15(25-29-17)12-7-13(8-12)28-16-6-5-14-19(18(16)22)30-20(24-14)21(3,4)27/h5-6,9-10,12-13,27H,7-8H2,1-4H3,(H,23,26)/t10-,12?,13?/m0/s1. The van der Waals surface area contributed by atoms with Gasteiger partial charge in [-0.05, 0) is 45.7 Å². The number of aliphatic hydroxyl groups is 1. The van der Waals surface area contributed by atoms with Crippen LogP contribution in [0.15, 0.2) is 22.7 Å². The molecule has 3 aromatic rings. The SMILES string of the molecule is CC(=O)N[C@@H](C)c1cc(C2CC(Oc3ccc4nc(C(C)(C)O)sc4c3Cl)C2)no1. The van der Waals surface area contributed by atoms with Crippen molar-refractivity contribution in [3.8, 4) is 5.75 Å². The highest BCUT2D eigenvalue weighted by atomic mass is 35.5. The zero-order valence-corrected chi connectivity index (χ0v) is 18.8. The van der Waals surface area contributed by atoms with Gasteiger partial charge < -0.3 is 19.7 Å². The molecule has 0 unspecified atom stereocenters. The zero-order chi connectivity index (χ0) is 21.6. The molecule has 2 aromatic heterocycles. The van der Waals surface area contributed by atoms with Crippen molar-refractivity contribution >= 4 is 39.1 Å². The fourth-order valence-electron chi connectivity index (χ4n) is 3.45. The number of nitrogens with zero attached hydrogens (tertiary/aromatic N) is 2. The van der Waals surface area contributed by atoms with Crippen LogP contribution in [0.4, 0.5) is 0 Å². The predicted molar refractivity (Wildman–Crippen MR) is 115 cm³/mol. The van der Waals surface area contributed by atoms with E-state index < -0.39 is 5.60 Å². The van der Waals surface area contributed by atoms with Crippen LogP contribution in [-0.4, -0.2) is 27.3 Å². The number of rotatable bonds is 6. The summed E-state index contributed by atoms with van der Waals surface area (Å²) in [5.74, 6) is 1.41. The number of fused-ring (bicyclic) bond motifs is 1. The Kier molecular flexibility index (Phi) is 5.50. The molecule has 0 bridgehead atoms. The summed E-state index contributed by atoms with van der Waals surface area (Å²) in [7, 11) is 0. The van der Waals surface area contributed by atoms with E-state index in [2.05, 4.69) is 15.5 Å². The van der Waals surface area contributed by atoms with Gasteiger partial charge in [-0.1, -0.05) is 16.8 Å². The normalized spacial score (nSPS) is 20.1. The molecule has 0 saturated heterocycles. The van der Waals surface area contributed by atoms with E-state index in [0.717, 1.165) is 28.8 Å². The van der Waals surface area contributed by atoms with Crippen molar-refractivity contribution in [1.29, 1.82) is 0 Å². The van der Waals surface area contributed by atoms with Gasteiger partial charge in [0.25, 0.3) is 0 Å². The van der Waals surface area contributed by atoms with E-state index in [-0.39, 0.29) is 24.0 Å². The maximum Gasteiger partial charge on any atom is 0.217 e. The molecular weight excluding hydrogens is 426 g/mol. The third-order valence-electron chi connectivity index (χ3n) is 5.18. The molecule has 0 radical (unpaired) electrons. The fraction of sp³-hybridized carbons (Fsp3) is 0.476. The van der Waals surface area contributed by atoms with Crippen LogP contribution < -0.4 is 10.1 Å². The minimum Gasteiger partial charge on any atom is -0.489 e. The molecule has 4 rings (SSSR count). The lowest BCUT2D eigenvalue weighted by Gasteiger charge is -2.34. The molecule has 160 valence electrons. The Balaban J connectivity index is 1.40. The smallest absolute Gasteiger partial charge is 0.217 e. The van der Waals surface area contributed by atoms with Crippen molar-refractivity contribution in [2.45, 2.75) is 64.2 Å². The number of benzene rings is 1. The topological polar surface area (TPSA) is 97.5 Å². The number of hydrogen-bond donors (Lipinski definition) is 2. The third kappa shape index (κ3) is 4.17. The van der Waals surface area contributed by atoms with Crippen LogP contribution >= 0.6 is 22.9 Å². The van der Waals surface area contributed by atoms with Crippen molar-refractivity contribution in [3.05, 3.63) is 39.7 Å². The Morgan fingerprint density at radius 2 is 2.17 bits per heavy atom. The molecule has 9 heteroatoms. The van der Waals surface area contributed by atoms with Gasteiger partial charge in [-0.15, -0.1) is 11.3 Å². The molecule has 0 aliphatic heterocycles. The molecule has 1 saturated carbocycles. The van der Waals surface area contributed by atoms with E-state index in [9.17, 15) is 9.90 Å². The van der Waals surface area contributed by atoms with E-state index in [1.165, 1.54) is 18.3 Å². The minimum atomic E-state index is -1.01. The van der Waals surface area contributed by atoms with E-state index in [4.69, 9.17) is 20.9 Å². The summed E-state index contributed by atoms with van der Waals surface area (Å²) in [6.45, 7) is 6.74.